The molecule has 0 saturated carbocycles. The molecular weight excluding hydrogens is 480 g/mol. The number of benzene rings is 2. The predicted octanol–water partition coefficient (Wildman–Crippen LogP) is 5.15. The Labute approximate surface area is 226 Å². The SMILES string of the molecule is CC(C)N1C(=O)CC(=O)N(C(C)C)c2ccccc21.CC(C)N1C(=O)CC(=O)N(C(C)C)c2ccccc21. The topological polar surface area (TPSA) is 81.2 Å². The number of rotatable bonds is 4. The monoisotopic (exact) mass is 520 g/mol. The van der Waals surface area contributed by atoms with Gasteiger partial charge in [-0.2, -0.15) is 0 Å². The molecule has 0 saturated heterocycles. The van der Waals surface area contributed by atoms with Gasteiger partial charge in [-0.1, -0.05) is 24.3 Å². The van der Waals surface area contributed by atoms with Gasteiger partial charge in [0, 0.05) is 24.2 Å². The van der Waals surface area contributed by atoms with Crippen LogP contribution in [0.2, 0.25) is 0 Å². The van der Waals surface area contributed by atoms with Crippen LogP contribution in [0, 0.1) is 0 Å². The van der Waals surface area contributed by atoms with Crippen molar-refractivity contribution < 1.29 is 19.2 Å². The molecule has 8 nitrogen and oxygen atoms in total. The van der Waals surface area contributed by atoms with Crippen molar-refractivity contribution >= 4 is 46.4 Å². The van der Waals surface area contributed by atoms with Crippen LogP contribution in [0.1, 0.15) is 68.2 Å². The van der Waals surface area contributed by atoms with E-state index in [-0.39, 0.29) is 60.6 Å². The molecule has 4 rings (SSSR count). The molecule has 0 radical (unpaired) electrons. The first-order valence-corrected chi connectivity index (χ1v) is 13.3. The molecule has 204 valence electrons. The summed E-state index contributed by atoms with van der Waals surface area (Å²) in [6.45, 7) is 15.7. The van der Waals surface area contributed by atoms with Gasteiger partial charge >= 0.3 is 0 Å². The van der Waals surface area contributed by atoms with Crippen LogP contribution >= 0.6 is 0 Å². The predicted molar refractivity (Wildman–Crippen MR) is 153 cm³/mol. The second kappa shape index (κ2) is 11.8. The van der Waals surface area contributed by atoms with Crippen molar-refractivity contribution in [3.63, 3.8) is 0 Å². The summed E-state index contributed by atoms with van der Waals surface area (Å²) in [5, 5.41) is 0. The lowest BCUT2D eigenvalue weighted by molar-refractivity contribution is -0.128. The Bertz CT molecular complexity index is 1020. The molecule has 0 fully saturated rings. The first kappa shape index (κ1) is 28.9. The third-order valence-electron chi connectivity index (χ3n) is 6.55. The first-order chi connectivity index (χ1) is 17.9. The molecule has 0 atom stereocenters. The Hall–Kier alpha value is -3.68. The molecule has 2 aliphatic heterocycles. The van der Waals surface area contributed by atoms with E-state index in [2.05, 4.69) is 0 Å². The van der Waals surface area contributed by atoms with Crippen molar-refractivity contribution in [2.24, 2.45) is 0 Å². The van der Waals surface area contributed by atoms with Crippen LogP contribution in [-0.4, -0.2) is 47.8 Å². The van der Waals surface area contributed by atoms with Crippen molar-refractivity contribution in [1.82, 2.24) is 0 Å². The van der Waals surface area contributed by atoms with Crippen molar-refractivity contribution in [1.29, 1.82) is 0 Å². The van der Waals surface area contributed by atoms with E-state index in [1.807, 2.05) is 104 Å². The molecule has 38 heavy (non-hydrogen) atoms. The van der Waals surface area contributed by atoms with Crippen LogP contribution in [0.4, 0.5) is 22.7 Å². The molecular formula is C30H40N4O4. The Kier molecular flexibility index (Phi) is 8.97. The van der Waals surface area contributed by atoms with E-state index in [9.17, 15) is 19.2 Å². The normalized spacial score (nSPS) is 16.1. The van der Waals surface area contributed by atoms with Crippen LogP contribution in [0.5, 0.6) is 0 Å². The van der Waals surface area contributed by atoms with Crippen molar-refractivity contribution in [2.75, 3.05) is 19.6 Å². The maximum absolute atomic E-state index is 12.3. The number of fused-ring (bicyclic) bond motifs is 2. The molecule has 0 unspecified atom stereocenters. The van der Waals surface area contributed by atoms with Crippen LogP contribution in [-0.2, 0) is 19.2 Å². The number of para-hydroxylation sites is 4. The Morgan fingerprint density at radius 1 is 0.421 bits per heavy atom. The second-order valence-corrected chi connectivity index (χ2v) is 10.8. The molecule has 2 heterocycles. The number of nitrogens with zero attached hydrogens (tertiary/aromatic N) is 4. The summed E-state index contributed by atoms with van der Waals surface area (Å²) in [6.07, 6.45) is -0.129. The number of carbonyl (C=O) groups is 4. The lowest BCUT2D eigenvalue weighted by Crippen LogP contribution is -2.38. The van der Waals surface area contributed by atoms with Gasteiger partial charge in [-0.25, -0.2) is 0 Å². The molecule has 8 heteroatoms. The highest BCUT2D eigenvalue weighted by Gasteiger charge is 2.34. The summed E-state index contributed by atoms with van der Waals surface area (Å²) in [5.41, 5.74) is 3.29. The molecule has 4 amide bonds. The van der Waals surface area contributed by atoms with Crippen LogP contribution in [0.25, 0.3) is 0 Å². The fourth-order valence-corrected chi connectivity index (χ4v) is 5.14. The van der Waals surface area contributed by atoms with E-state index in [1.54, 1.807) is 19.6 Å². The van der Waals surface area contributed by atoms with E-state index in [4.69, 9.17) is 0 Å². The third-order valence-corrected chi connectivity index (χ3v) is 6.55. The standard InChI is InChI=1S/2C15H20N2O2/c2*1-10(2)16-12-7-5-6-8-13(12)17(11(3)4)15(19)9-14(16)18/h2*5-8,10-11H,9H2,1-4H3. The highest BCUT2D eigenvalue weighted by molar-refractivity contribution is 6.16. The minimum atomic E-state index is -0.129. The minimum absolute atomic E-state index is 0.0357. The summed E-state index contributed by atoms with van der Waals surface area (Å²) >= 11 is 0. The zero-order valence-electron chi connectivity index (χ0n) is 23.8. The van der Waals surface area contributed by atoms with Crippen molar-refractivity contribution in [2.45, 2.75) is 92.4 Å². The van der Waals surface area contributed by atoms with E-state index >= 15 is 0 Å². The smallest absolute Gasteiger partial charge is 0.236 e. The first-order valence-electron chi connectivity index (χ1n) is 13.3. The van der Waals surface area contributed by atoms with E-state index < -0.39 is 0 Å². The summed E-state index contributed by atoms with van der Waals surface area (Å²) in [7, 11) is 0. The number of hydrogen-bond acceptors (Lipinski definition) is 4. The lowest BCUT2D eigenvalue weighted by Gasteiger charge is -2.29. The zero-order valence-corrected chi connectivity index (χ0v) is 23.8. The number of hydrogen-bond donors (Lipinski definition) is 0. The Morgan fingerprint density at radius 2 is 0.605 bits per heavy atom. The van der Waals surface area contributed by atoms with E-state index in [0.29, 0.717) is 0 Å². The van der Waals surface area contributed by atoms with Gasteiger partial charge in [-0.3, -0.25) is 19.2 Å². The molecule has 0 aromatic heterocycles. The fourth-order valence-electron chi connectivity index (χ4n) is 5.14. The van der Waals surface area contributed by atoms with Crippen LogP contribution < -0.4 is 19.6 Å². The largest absolute Gasteiger partial charge is 0.307 e. The van der Waals surface area contributed by atoms with Gasteiger partial charge in [-0.15, -0.1) is 0 Å². The van der Waals surface area contributed by atoms with Gasteiger partial charge in [0.1, 0.15) is 12.8 Å². The molecule has 2 aromatic rings. The average molecular weight is 521 g/mol. The number of amides is 4. The molecule has 0 N–H and O–H groups in total. The van der Waals surface area contributed by atoms with Gasteiger partial charge < -0.3 is 19.6 Å². The molecule has 0 spiro atoms. The van der Waals surface area contributed by atoms with Gasteiger partial charge in [0.25, 0.3) is 0 Å². The van der Waals surface area contributed by atoms with Gasteiger partial charge in [0.15, 0.2) is 0 Å². The Morgan fingerprint density at radius 3 is 0.763 bits per heavy atom. The summed E-state index contributed by atoms with van der Waals surface area (Å²) < 4.78 is 0. The summed E-state index contributed by atoms with van der Waals surface area (Å²) in [6, 6.07) is 15.4. The maximum Gasteiger partial charge on any atom is 0.236 e. The van der Waals surface area contributed by atoms with Crippen molar-refractivity contribution in [3.05, 3.63) is 48.5 Å². The third kappa shape index (κ3) is 5.74. The summed E-state index contributed by atoms with van der Waals surface area (Å²) in [5.74, 6) is -0.516. The van der Waals surface area contributed by atoms with Gasteiger partial charge in [-0.05, 0) is 79.7 Å². The average Bonchev–Trinajstić information content (AvgIpc) is 3.00. The summed E-state index contributed by atoms with van der Waals surface area (Å²) in [4.78, 5) is 56.0. The fraction of sp³-hybridized carbons (Fsp3) is 0.467. The van der Waals surface area contributed by atoms with Gasteiger partial charge in [0.2, 0.25) is 23.6 Å². The number of carbonyl (C=O) groups excluding carboxylic acids is 4. The molecule has 2 aromatic carbocycles. The van der Waals surface area contributed by atoms with E-state index in [0.717, 1.165) is 22.7 Å². The van der Waals surface area contributed by atoms with E-state index in [1.165, 1.54) is 0 Å². The number of anilines is 4. The highest BCUT2D eigenvalue weighted by Crippen LogP contribution is 2.36. The van der Waals surface area contributed by atoms with Crippen LogP contribution in [0.3, 0.4) is 0 Å². The van der Waals surface area contributed by atoms with Gasteiger partial charge in [0.05, 0.1) is 22.7 Å². The second-order valence-electron chi connectivity index (χ2n) is 10.8. The highest BCUT2D eigenvalue weighted by atomic mass is 16.2. The molecule has 0 bridgehead atoms. The Balaban J connectivity index is 0.000000211. The van der Waals surface area contributed by atoms with Crippen molar-refractivity contribution in [3.8, 4) is 0 Å². The quantitative estimate of drug-likeness (QED) is 0.523. The molecule has 2 aliphatic rings. The minimum Gasteiger partial charge on any atom is -0.307 e. The zero-order chi connectivity index (χ0) is 28.3. The van der Waals surface area contributed by atoms with Crippen LogP contribution in [0.15, 0.2) is 48.5 Å². The maximum atomic E-state index is 12.3. The lowest BCUT2D eigenvalue weighted by atomic mass is 10.2. The molecule has 0 aliphatic carbocycles.